The first-order valence-corrected chi connectivity index (χ1v) is 10.1. The first-order valence-electron chi connectivity index (χ1n) is 10.1. The summed E-state index contributed by atoms with van der Waals surface area (Å²) in [6.45, 7) is 3.70. The van der Waals surface area contributed by atoms with Crippen LogP contribution in [0.5, 0.6) is 11.5 Å². The smallest absolute Gasteiger partial charge is 0.255 e. The first kappa shape index (κ1) is 20.5. The van der Waals surface area contributed by atoms with Gasteiger partial charge in [-0.3, -0.25) is 4.79 Å². The molecule has 1 saturated heterocycles. The normalized spacial score (nSPS) is 13.7. The van der Waals surface area contributed by atoms with Crippen molar-refractivity contribution in [2.75, 3.05) is 48.4 Å². The fourth-order valence-corrected chi connectivity index (χ4v) is 3.68. The van der Waals surface area contributed by atoms with Crippen molar-refractivity contribution < 1.29 is 19.0 Å². The number of carbonyl (C=O) groups is 1. The van der Waals surface area contributed by atoms with Crippen LogP contribution in [0.4, 0.5) is 21.5 Å². The molecule has 1 amide bonds. The number of methoxy groups -OCH3 is 1. The summed E-state index contributed by atoms with van der Waals surface area (Å²) in [5.74, 6) is -2.10. The van der Waals surface area contributed by atoms with Crippen LogP contribution >= 0.6 is 0 Å². The van der Waals surface area contributed by atoms with E-state index in [9.17, 15) is 14.3 Å². The van der Waals surface area contributed by atoms with Crippen molar-refractivity contribution in [3.63, 3.8) is 0 Å². The first-order chi connectivity index (χ1) is 15.0. The van der Waals surface area contributed by atoms with Crippen LogP contribution in [0.25, 0.3) is 0 Å². The third-order valence-electron chi connectivity index (χ3n) is 5.40. The van der Waals surface area contributed by atoms with Gasteiger partial charge in [-0.2, -0.15) is 0 Å². The van der Waals surface area contributed by atoms with Crippen LogP contribution in [0, 0.1) is 5.82 Å². The van der Waals surface area contributed by atoms with E-state index in [1.807, 2.05) is 30.3 Å². The number of piperazine rings is 1. The number of para-hydroxylation sites is 1. The summed E-state index contributed by atoms with van der Waals surface area (Å²) in [6, 6.07) is 20.2. The second-order valence-electron chi connectivity index (χ2n) is 7.32. The van der Waals surface area contributed by atoms with E-state index in [1.165, 1.54) is 18.9 Å². The van der Waals surface area contributed by atoms with Crippen LogP contribution in [0.15, 0.2) is 66.7 Å². The largest absolute Gasteiger partial charge is 0.502 e. The highest BCUT2D eigenvalue weighted by Crippen LogP contribution is 2.30. The summed E-state index contributed by atoms with van der Waals surface area (Å²) in [4.78, 5) is 17.2. The number of ether oxygens (including phenoxy) is 1. The molecule has 3 aromatic carbocycles. The molecule has 0 radical (unpaired) electrons. The molecular formula is C24H24FN3O3. The topological polar surface area (TPSA) is 65.0 Å². The van der Waals surface area contributed by atoms with Crippen molar-refractivity contribution in [1.82, 2.24) is 0 Å². The summed E-state index contributed by atoms with van der Waals surface area (Å²) in [7, 11) is 1.30. The Morgan fingerprint density at radius 1 is 0.935 bits per heavy atom. The molecule has 1 heterocycles. The van der Waals surface area contributed by atoms with Gasteiger partial charge in [0.1, 0.15) is 0 Å². The number of hydrogen-bond acceptors (Lipinski definition) is 5. The third-order valence-corrected chi connectivity index (χ3v) is 5.40. The fraction of sp³-hybridized carbons (Fsp3) is 0.208. The van der Waals surface area contributed by atoms with Gasteiger partial charge in [-0.25, -0.2) is 4.39 Å². The molecule has 3 aromatic rings. The van der Waals surface area contributed by atoms with E-state index in [2.05, 4.69) is 39.4 Å². The number of carbonyl (C=O) groups excluding carboxylic acids is 1. The number of rotatable bonds is 5. The molecule has 160 valence electrons. The van der Waals surface area contributed by atoms with Gasteiger partial charge < -0.3 is 25.0 Å². The summed E-state index contributed by atoms with van der Waals surface area (Å²) >= 11 is 0. The number of nitrogens with one attached hydrogen (secondary N) is 1. The second-order valence-corrected chi connectivity index (χ2v) is 7.32. The lowest BCUT2D eigenvalue weighted by atomic mass is 10.1. The molecule has 1 aliphatic heterocycles. The number of phenols is 1. The van der Waals surface area contributed by atoms with E-state index in [-0.39, 0.29) is 11.3 Å². The lowest BCUT2D eigenvalue weighted by molar-refractivity contribution is 0.102. The zero-order chi connectivity index (χ0) is 21.8. The van der Waals surface area contributed by atoms with Gasteiger partial charge in [-0.05, 0) is 48.5 Å². The predicted octanol–water partition coefficient (Wildman–Crippen LogP) is 4.12. The minimum Gasteiger partial charge on any atom is -0.502 e. The molecule has 0 spiro atoms. The lowest BCUT2D eigenvalue weighted by Gasteiger charge is -2.37. The van der Waals surface area contributed by atoms with Crippen LogP contribution in [0.3, 0.4) is 0 Å². The van der Waals surface area contributed by atoms with Crippen molar-refractivity contribution in [2.24, 2.45) is 0 Å². The molecular weight excluding hydrogens is 397 g/mol. The molecule has 31 heavy (non-hydrogen) atoms. The van der Waals surface area contributed by atoms with Crippen LogP contribution in [0.1, 0.15) is 10.4 Å². The minimum atomic E-state index is -0.908. The summed E-state index contributed by atoms with van der Waals surface area (Å²) in [5, 5.41) is 12.3. The molecule has 0 atom stereocenters. The van der Waals surface area contributed by atoms with Gasteiger partial charge in [0.2, 0.25) is 0 Å². The Kier molecular flexibility index (Phi) is 5.93. The monoisotopic (exact) mass is 421 g/mol. The van der Waals surface area contributed by atoms with Gasteiger partial charge in [0.25, 0.3) is 5.91 Å². The van der Waals surface area contributed by atoms with Crippen LogP contribution in [0.2, 0.25) is 0 Å². The van der Waals surface area contributed by atoms with Crippen LogP contribution in [-0.2, 0) is 0 Å². The Morgan fingerprint density at radius 3 is 2.10 bits per heavy atom. The molecule has 0 saturated carbocycles. The Labute approximate surface area is 180 Å². The highest BCUT2D eigenvalue weighted by atomic mass is 19.1. The average Bonchev–Trinajstić information content (AvgIpc) is 2.82. The lowest BCUT2D eigenvalue weighted by Crippen LogP contribution is -2.46. The second kappa shape index (κ2) is 8.95. The van der Waals surface area contributed by atoms with Crippen molar-refractivity contribution in [2.45, 2.75) is 0 Å². The Hall–Kier alpha value is -3.74. The standard InChI is InChI=1S/C24H24FN3O3/c1-31-22-16-17(15-21(25)23(22)29)24(30)26-18-7-9-20(10-8-18)28-13-11-27(12-14-28)19-5-3-2-4-6-19/h2-10,15-16,29H,11-14H2,1H3,(H,26,30). The van der Waals surface area contributed by atoms with Crippen LogP contribution in [-0.4, -0.2) is 44.3 Å². The Bertz CT molecular complexity index is 1050. The zero-order valence-corrected chi connectivity index (χ0v) is 17.2. The maximum atomic E-state index is 13.8. The summed E-state index contributed by atoms with van der Waals surface area (Å²) in [6.07, 6.45) is 0. The van der Waals surface area contributed by atoms with Gasteiger partial charge in [0, 0.05) is 48.8 Å². The van der Waals surface area contributed by atoms with Gasteiger partial charge >= 0.3 is 0 Å². The number of hydrogen-bond donors (Lipinski definition) is 2. The number of amides is 1. The molecule has 2 N–H and O–H groups in total. The molecule has 4 rings (SSSR count). The molecule has 0 unspecified atom stereocenters. The van der Waals surface area contributed by atoms with E-state index >= 15 is 0 Å². The molecule has 7 heteroatoms. The van der Waals surface area contributed by atoms with Crippen molar-refractivity contribution in [3.8, 4) is 11.5 Å². The van der Waals surface area contributed by atoms with Crippen molar-refractivity contribution >= 4 is 23.0 Å². The van der Waals surface area contributed by atoms with Gasteiger partial charge in [0.15, 0.2) is 17.3 Å². The molecule has 6 nitrogen and oxygen atoms in total. The molecule has 0 bridgehead atoms. The number of aromatic hydroxyl groups is 1. The number of benzene rings is 3. The minimum absolute atomic E-state index is 0.0632. The van der Waals surface area contributed by atoms with Gasteiger partial charge in [0.05, 0.1) is 7.11 Å². The SMILES string of the molecule is COc1cc(C(=O)Nc2ccc(N3CCN(c4ccccc4)CC3)cc2)cc(F)c1O. The Balaban J connectivity index is 1.38. The van der Waals surface area contributed by atoms with Gasteiger partial charge in [-0.1, -0.05) is 18.2 Å². The fourth-order valence-electron chi connectivity index (χ4n) is 3.68. The van der Waals surface area contributed by atoms with Gasteiger partial charge in [-0.15, -0.1) is 0 Å². The maximum Gasteiger partial charge on any atom is 0.255 e. The van der Waals surface area contributed by atoms with E-state index < -0.39 is 17.5 Å². The molecule has 0 aliphatic carbocycles. The summed E-state index contributed by atoms with van der Waals surface area (Å²) in [5.41, 5.74) is 2.99. The number of halogens is 1. The third kappa shape index (κ3) is 4.55. The maximum absolute atomic E-state index is 13.8. The molecule has 0 aromatic heterocycles. The quantitative estimate of drug-likeness (QED) is 0.649. The Morgan fingerprint density at radius 2 is 1.52 bits per heavy atom. The molecule has 1 fully saturated rings. The van der Waals surface area contributed by atoms with E-state index in [0.717, 1.165) is 37.9 Å². The van der Waals surface area contributed by atoms with Crippen molar-refractivity contribution in [1.29, 1.82) is 0 Å². The highest BCUT2D eigenvalue weighted by molar-refractivity contribution is 6.04. The summed E-state index contributed by atoms with van der Waals surface area (Å²) < 4.78 is 18.7. The zero-order valence-electron chi connectivity index (χ0n) is 17.2. The number of nitrogens with zero attached hydrogens (tertiary/aromatic N) is 2. The van der Waals surface area contributed by atoms with E-state index in [0.29, 0.717) is 5.69 Å². The highest BCUT2D eigenvalue weighted by Gasteiger charge is 2.18. The number of phenolic OH excluding ortho intramolecular Hbond substituents is 1. The van der Waals surface area contributed by atoms with E-state index in [1.54, 1.807) is 0 Å². The van der Waals surface area contributed by atoms with E-state index in [4.69, 9.17) is 4.74 Å². The molecule has 1 aliphatic rings. The van der Waals surface area contributed by atoms with Crippen molar-refractivity contribution in [3.05, 3.63) is 78.1 Å². The van der Waals surface area contributed by atoms with Crippen LogP contribution < -0.4 is 19.9 Å². The average molecular weight is 421 g/mol. The predicted molar refractivity (Wildman–Crippen MR) is 120 cm³/mol. The number of anilines is 3.